The maximum atomic E-state index is 14.0. The number of fused-ring (bicyclic) bond motifs is 1. The molecule has 0 N–H and O–H groups in total. The quantitative estimate of drug-likeness (QED) is 0.339. The third-order valence-electron chi connectivity index (χ3n) is 5.57. The molecule has 2 aromatic carbocycles. The monoisotopic (exact) mass is 505 g/mol. The molecule has 9 nitrogen and oxygen atoms in total. The van der Waals surface area contributed by atoms with Crippen molar-refractivity contribution in [3.63, 3.8) is 0 Å². The number of benzene rings is 2. The first-order valence-electron chi connectivity index (χ1n) is 10.7. The van der Waals surface area contributed by atoms with Crippen molar-refractivity contribution in [2.45, 2.75) is 4.90 Å². The molecule has 0 aliphatic rings. The highest BCUT2D eigenvalue weighted by Crippen LogP contribution is 2.36. The summed E-state index contributed by atoms with van der Waals surface area (Å²) in [5.74, 6) is 0.698. The summed E-state index contributed by atoms with van der Waals surface area (Å²) in [7, 11) is -0.248. The number of nitrogens with zero attached hydrogens (tertiary/aromatic N) is 5. The van der Waals surface area contributed by atoms with E-state index in [1.54, 1.807) is 48.8 Å². The fourth-order valence-electron chi connectivity index (χ4n) is 3.78. The third-order valence-corrected chi connectivity index (χ3v) is 6.70. The number of methoxy groups -OCH3 is 2. The molecule has 5 rings (SSSR count). The second kappa shape index (κ2) is 9.00. The molecule has 36 heavy (non-hydrogen) atoms. The Bertz CT molecular complexity index is 1700. The lowest BCUT2D eigenvalue weighted by atomic mass is 10.1. The number of aromatic nitrogens is 5. The lowest BCUT2D eigenvalue weighted by Gasteiger charge is -2.13. The van der Waals surface area contributed by atoms with Crippen LogP contribution < -0.4 is 9.47 Å². The van der Waals surface area contributed by atoms with Gasteiger partial charge >= 0.3 is 0 Å². The average molecular weight is 506 g/mol. The van der Waals surface area contributed by atoms with Crippen LogP contribution in [0.5, 0.6) is 11.5 Å². The number of pyridine rings is 1. The number of ether oxygens (including phenoxy) is 2. The van der Waals surface area contributed by atoms with E-state index in [9.17, 15) is 12.8 Å². The van der Waals surface area contributed by atoms with Crippen LogP contribution in [0, 0.1) is 5.82 Å². The molecule has 3 aromatic heterocycles. The van der Waals surface area contributed by atoms with Crippen LogP contribution in [-0.4, -0.2) is 53.6 Å². The summed E-state index contributed by atoms with van der Waals surface area (Å²) in [6, 6.07) is 11.3. The number of halogens is 1. The first-order chi connectivity index (χ1) is 17.3. The molecule has 182 valence electrons. The van der Waals surface area contributed by atoms with E-state index in [-0.39, 0.29) is 10.8 Å². The molecule has 0 amide bonds. The molecule has 0 saturated carbocycles. The largest absolute Gasteiger partial charge is 0.493 e. The van der Waals surface area contributed by atoms with Crippen molar-refractivity contribution in [1.82, 2.24) is 24.7 Å². The Balaban J connectivity index is 1.65. The average Bonchev–Trinajstić information content (AvgIpc) is 3.37. The van der Waals surface area contributed by atoms with Crippen LogP contribution in [0.25, 0.3) is 39.2 Å². The first kappa shape index (κ1) is 23.4. The van der Waals surface area contributed by atoms with Crippen LogP contribution in [0.15, 0.2) is 72.1 Å². The molecule has 0 aliphatic heterocycles. The molecule has 5 aromatic rings. The van der Waals surface area contributed by atoms with Crippen LogP contribution in [0.2, 0.25) is 0 Å². The Kier molecular flexibility index (Phi) is 5.84. The maximum absolute atomic E-state index is 14.0. The van der Waals surface area contributed by atoms with E-state index in [0.29, 0.717) is 33.7 Å². The molecule has 0 unspecified atom stereocenters. The van der Waals surface area contributed by atoms with E-state index in [0.717, 1.165) is 23.6 Å². The molecule has 11 heteroatoms. The van der Waals surface area contributed by atoms with Gasteiger partial charge in [0, 0.05) is 41.2 Å². The van der Waals surface area contributed by atoms with Crippen LogP contribution in [0.1, 0.15) is 0 Å². The van der Waals surface area contributed by atoms with E-state index >= 15 is 0 Å². The summed E-state index contributed by atoms with van der Waals surface area (Å²) < 4.78 is 49.9. The highest BCUT2D eigenvalue weighted by atomic mass is 32.2. The number of sulfone groups is 1. The van der Waals surface area contributed by atoms with E-state index in [1.807, 2.05) is 0 Å². The number of rotatable bonds is 6. The minimum atomic E-state index is -3.30. The molecule has 0 fully saturated rings. The molecule has 0 bridgehead atoms. The lowest BCUT2D eigenvalue weighted by Crippen LogP contribution is -2.04. The minimum absolute atomic E-state index is 0.231. The number of hydrogen-bond acceptors (Lipinski definition) is 8. The predicted octanol–water partition coefficient (Wildman–Crippen LogP) is 4.10. The molecule has 0 radical (unpaired) electrons. The van der Waals surface area contributed by atoms with Gasteiger partial charge in [-0.3, -0.25) is 4.98 Å². The molecule has 3 heterocycles. The van der Waals surface area contributed by atoms with Gasteiger partial charge in [0.05, 0.1) is 42.7 Å². The summed E-state index contributed by atoms with van der Waals surface area (Å²) in [4.78, 5) is 13.5. The van der Waals surface area contributed by atoms with Gasteiger partial charge in [0.15, 0.2) is 21.3 Å². The summed E-state index contributed by atoms with van der Waals surface area (Å²) in [5, 5.41) is 5.02. The van der Waals surface area contributed by atoms with Crippen molar-refractivity contribution in [2.75, 3.05) is 20.5 Å². The topological polar surface area (TPSA) is 109 Å². The Morgan fingerprint density at radius 3 is 2.25 bits per heavy atom. The van der Waals surface area contributed by atoms with Gasteiger partial charge in [-0.15, -0.1) is 0 Å². The van der Waals surface area contributed by atoms with E-state index in [1.165, 1.54) is 31.2 Å². The fourth-order valence-corrected chi connectivity index (χ4v) is 4.41. The third kappa shape index (κ3) is 4.36. The zero-order chi connectivity index (χ0) is 25.4. The highest BCUT2D eigenvalue weighted by Gasteiger charge is 2.17. The van der Waals surface area contributed by atoms with Crippen molar-refractivity contribution >= 4 is 20.7 Å². The molecule has 0 aliphatic carbocycles. The fraction of sp³-hybridized carbons (Fsp3) is 0.120. The van der Waals surface area contributed by atoms with Gasteiger partial charge in [-0.05, 0) is 29.8 Å². The van der Waals surface area contributed by atoms with E-state index < -0.39 is 15.7 Å². The second-order valence-electron chi connectivity index (χ2n) is 7.96. The van der Waals surface area contributed by atoms with E-state index in [2.05, 4.69) is 20.1 Å². The number of hydrogen-bond donors (Lipinski definition) is 0. The summed E-state index contributed by atoms with van der Waals surface area (Å²) in [6.07, 6.45) is 7.15. The lowest BCUT2D eigenvalue weighted by molar-refractivity contribution is 0.356. The molecule has 0 atom stereocenters. The van der Waals surface area contributed by atoms with Gasteiger partial charge in [0.25, 0.3) is 5.95 Å². The van der Waals surface area contributed by atoms with Gasteiger partial charge in [-0.2, -0.15) is 5.10 Å². The van der Waals surface area contributed by atoms with Crippen molar-refractivity contribution in [2.24, 2.45) is 0 Å². The van der Waals surface area contributed by atoms with Crippen molar-refractivity contribution < 1.29 is 22.3 Å². The van der Waals surface area contributed by atoms with Crippen molar-refractivity contribution in [3.8, 4) is 39.8 Å². The highest BCUT2D eigenvalue weighted by molar-refractivity contribution is 7.90. The van der Waals surface area contributed by atoms with Crippen LogP contribution in [-0.2, 0) is 9.84 Å². The van der Waals surface area contributed by atoms with Gasteiger partial charge in [0.1, 0.15) is 5.82 Å². The molecule has 0 saturated heterocycles. The second-order valence-corrected chi connectivity index (χ2v) is 9.97. The predicted molar refractivity (Wildman–Crippen MR) is 131 cm³/mol. The summed E-state index contributed by atoms with van der Waals surface area (Å²) in [5.41, 5.74) is 2.94. The normalized spacial score (nSPS) is 11.6. The molecular formula is C25H20FN5O4S. The summed E-state index contributed by atoms with van der Waals surface area (Å²) >= 11 is 0. The zero-order valence-electron chi connectivity index (χ0n) is 19.5. The van der Waals surface area contributed by atoms with Crippen LogP contribution in [0.4, 0.5) is 4.39 Å². The Morgan fingerprint density at radius 2 is 1.58 bits per heavy atom. The Morgan fingerprint density at radius 1 is 0.861 bits per heavy atom. The van der Waals surface area contributed by atoms with Crippen LogP contribution >= 0.6 is 0 Å². The maximum Gasteiger partial charge on any atom is 0.251 e. The van der Waals surface area contributed by atoms with Gasteiger partial charge in [0.2, 0.25) is 0 Å². The first-order valence-corrected chi connectivity index (χ1v) is 12.6. The molecular weight excluding hydrogens is 485 g/mol. The Labute approximate surface area is 206 Å². The van der Waals surface area contributed by atoms with Gasteiger partial charge < -0.3 is 9.47 Å². The smallest absolute Gasteiger partial charge is 0.251 e. The van der Waals surface area contributed by atoms with Gasteiger partial charge in [-0.1, -0.05) is 12.1 Å². The van der Waals surface area contributed by atoms with E-state index in [4.69, 9.17) is 9.47 Å². The minimum Gasteiger partial charge on any atom is -0.493 e. The molecule has 0 spiro atoms. The standard InChI is InChI=1S/C25H20FN5O4S/c1-34-22-9-20-21(10-23(22)35-2)29-25(30-24(20)16-8-18(26)13-27-11-16)31-14-17(12-28-31)15-4-6-19(7-5-15)36(3,32)33/h4-14H,1-3H3. The summed E-state index contributed by atoms with van der Waals surface area (Å²) in [6.45, 7) is 0. The van der Waals surface area contributed by atoms with Gasteiger partial charge in [-0.25, -0.2) is 27.5 Å². The van der Waals surface area contributed by atoms with Crippen molar-refractivity contribution in [3.05, 3.63) is 73.1 Å². The van der Waals surface area contributed by atoms with Crippen molar-refractivity contribution in [1.29, 1.82) is 0 Å². The Hall–Kier alpha value is -4.38. The zero-order valence-corrected chi connectivity index (χ0v) is 20.3. The SMILES string of the molecule is COc1cc2nc(-n3cc(-c4ccc(S(C)(=O)=O)cc4)cn3)nc(-c3cncc(F)c3)c2cc1OC. The van der Waals surface area contributed by atoms with Crippen LogP contribution in [0.3, 0.4) is 0 Å².